The number of para-hydroxylation sites is 1. The summed E-state index contributed by atoms with van der Waals surface area (Å²) in [7, 11) is 0. The van der Waals surface area contributed by atoms with E-state index < -0.39 is 12.4 Å². The fourth-order valence-corrected chi connectivity index (χ4v) is 5.87. The molecule has 1 N–H and O–H groups in total. The lowest BCUT2D eigenvalue weighted by Crippen LogP contribution is -2.33. The maximum absolute atomic E-state index is 12.8. The Bertz CT molecular complexity index is 1700. The number of nitrogens with zero attached hydrogens (tertiary/aromatic N) is 5. The average molecular weight is 607 g/mol. The van der Waals surface area contributed by atoms with Crippen LogP contribution in [0.2, 0.25) is 0 Å². The van der Waals surface area contributed by atoms with Gasteiger partial charge in [0.1, 0.15) is 12.1 Å². The number of amidine groups is 1. The number of alkyl halides is 3. The minimum absolute atomic E-state index is 0.0694. The highest BCUT2D eigenvalue weighted by molar-refractivity contribution is 8.15. The summed E-state index contributed by atoms with van der Waals surface area (Å²) in [4.78, 5) is 35.5. The van der Waals surface area contributed by atoms with E-state index in [9.17, 15) is 22.8 Å². The minimum Gasteiger partial charge on any atom is -0.406 e. The van der Waals surface area contributed by atoms with Crippen molar-refractivity contribution in [3.8, 4) is 22.8 Å². The van der Waals surface area contributed by atoms with Gasteiger partial charge in [0, 0.05) is 17.5 Å². The van der Waals surface area contributed by atoms with Crippen LogP contribution in [-0.4, -0.2) is 50.0 Å². The highest BCUT2D eigenvalue weighted by Crippen LogP contribution is 2.41. The molecule has 1 aromatic heterocycles. The number of rotatable bonds is 6. The molecule has 2 fully saturated rings. The van der Waals surface area contributed by atoms with Crippen LogP contribution in [0.1, 0.15) is 29.0 Å². The number of carbonyl (C=O) groups is 2. The van der Waals surface area contributed by atoms with Crippen molar-refractivity contribution in [1.29, 1.82) is 0 Å². The third-order valence-corrected chi connectivity index (χ3v) is 8.07. The Hall–Kier alpha value is -4.65. The first kappa shape index (κ1) is 28.5. The molecule has 1 aliphatic carbocycles. The van der Waals surface area contributed by atoms with Crippen LogP contribution in [0.4, 0.5) is 23.7 Å². The molecule has 1 saturated heterocycles. The minimum atomic E-state index is -4.76. The molecule has 2 unspecified atom stereocenters. The van der Waals surface area contributed by atoms with E-state index in [1.807, 2.05) is 56.3 Å². The van der Waals surface area contributed by atoms with E-state index in [-0.39, 0.29) is 29.4 Å². The number of aryl methyl sites for hydroxylation is 2. The number of benzene rings is 3. The Kier molecular flexibility index (Phi) is 7.42. The van der Waals surface area contributed by atoms with Gasteiger partial charge in [-0.1, -0.05) is 54.2 Å². The third kappa shape index (κ3) is 6.26. The summed E-state index contributed by atoms with van der Waals surface area (Å²) < 4.78 is 42.6. The maximum atomic E-state index is 12.8. The van der Waals surface area contributed by atoms with Gasteiger partial charge in [-0.3, -0.25) is 9.69 Å². The van der Waals surface area contributed by atoms with Gasteiger partial charge in [-0.15, -0.1) is 18.3 Å². The van der Waals surface area contributed by atoms with Crippen LogP contribution in [0.25, 0.3) is 17.1 Å². The third-order valence-electron chi connectivity index (χ3n) is 7.15. The SMILES string of the molecule is Cc1cccc(C)c1N1C(=O)CSC1=NC(=O)NC1CC1c1ccc(-c2ncn(-c3ccc(OC(F)(F)F)cc3)n2)cc1. The molecule has 1 aliphatic heterocycles. The van der Waals surface area contributed by atoms with Crippen LogP contribution in [0, 0.1) is 13.8 Å². The van der Waals surface area contributed by atoms with E-state index in [0.717, 1.165) is 34.4 Å². The maximum Gasteiger partial charge on any atom is 0.573 e. The summed E-state index contributed by atoms with van der Waals surface area (Å²) in [5.74, 6) is 0.394. The average Bonchev–Trinajstić information content (AvgIpc) is 3.37. The van der Waals surface area contributed by atoms with Crippen molar-refractivity contribution in [3.05, 3.63) is 89.7 Å². The molecule has 2 atom stereocenters. The fraction of sp³-hybridized carbons (Fsp3) is 0.233. The molecule has 0 radical (unpaired) electrons. The smallest absolute Gasteiger partial charge is 0.406 e. The molecule has 4 aromatic rings. The lowest BCUT2D eigenvalue weighted by atomic mass is 10.1. The first-order chi connectivity index (χ1) is 20.6. The number of thioether (sulfide) groups is 1. The number of aliphatic imine (C=N–C) groups is 1. The van der Waals surface area contributed by atoms with E-state index in [0.29, 0.717) is 16.7 Å². The zero-order valence-electron chi connectivity index (χ0n) is 23.0. The number of hydrogen-bond acceptors (Lipinski definition) is 6. The molecular weight excluding hydrogens is 581 g/mol. The quantitative estimate of drug-likeness (QED) is 0.283. The van der Waals surface area contributed by atoms with Crippen molar-refractivity contribution < 1.29 is 27.5 Å². The second-order valence-corrected chi connectivity index (χ2v) is 11.2. The van der Waals surface area contributed by atoms with Gasteiger partial charge >= 0.3 is 12.4 Å². The largest absolute Gasteiger partial charge is 0.573 e. The molecule has 2 aliphatic rings. The monoisotopic (exact) mass is 606 g/mol. The Morgan fingerprint density at radius 2 is 1.74 bits per heavy atom. The highest BCUT2D eigenvalue weighted by Gasteiger charge is 2.40. The fourth-order valence-electron chi connectivity index (χ4n) is 5.02. The zero-order chi connectivity index (χ0) is 30.3. The van der Waals surface area contributed by atoms with Gasteiger partial charge in [0.25, 0.3) is 0 Å². The Morgan fingerprint density at radius 1 is 1.05 bits per heavy atom. The molecule has 0 spiro atoms. The van der Waals surface area contributed by atoms with Crippen LogP contribution >= 0.6 is 11.8 Å². The first-order valence-electron chi connectivity index (χ1n) is 13.3. The van der Waals surface area contributed by atoms with E-state index >= 15 is 0 Å². The number of amides is 3. The molecule has 220 valence electrons. The molecule has 2 heterocycles. The van der Waals surface area contributed by atoms with Gasteiger partial charge in [-0.25, -0.2) is 14.5 Å². The number of aromatic nitrogens is 3. The second-order valence-electron chi connectivity index (χ2n) is 10.2. The summed E-state index contributed by atoms with van der Waals surface area (Å²) in [6.45, 7) is 3.85. The Labute approximate surface area is 248 Å². The second kappa shape index (κ2) is 11.2. The highest BCUT2D eigenvalue weighted by atomic mass is 32.2. The standard InChI is InChI=1S/C30H25F3N6O3S/c1-17-4-3-5-18(2)26(17)39-25(40)15-43-29(39)36-28(41)35-24-14-23(24)19-6-8-20(9-7-19)27-34-16-38(37-27)21-10-12-22(13-11-21)42-30(31,32)33/h3-13,16,23-24H,14-15H2,1-2H3,(H,35,41). The number of nitrogens with one attached hydrogen (secondary N) is 1. The molecule has 9 nitrogen and oxygen atoms in total. The van der Waals surface area contributed by atoms with Crippen LogP contribution in [0.3, 0.4) is 0 Å². The number of urea groups is 1. The van der Waals surface area contributed by atoms with Gasteiger partial charge in [0.15, 0.2) is 11.0 Å². The van der Waals surface area contributed by atoms with Crippen molar-refractivity contribution in [1.82, 2.24) is 20.1 Å². The first-order valence-corrected chi connectivity index (χ1v) is 14.3. The van der Waals surface area contributed by atoms with Crippen molar-refractivity contribution in [2.75, 3.05) is 10.7 Å². The normalized spacial score (nSPS) is 19.1. The number of halogens is 3. The lowest BCUT2D eigenvalue weighted by Gasteiger charge is -2.20. The van der Waals surface area contributed by atoms with E-state index in [1.165, 1.54) is 51.9 Å². The van der Waals surface area contributed by atoms with E-state index in [2.05, 4.69) is 25.1 Å². The predicted molar refractivity (Wildman–Crippen MR) is 156 cm³/mol. The van der Waals surface area contributed by atoms with Crippen LogP contribution in [0.5, 0.6) is 5.75 Å². The van der Waals surface area contributed by atoms with Crippen molar-refractivity contribution in [2.24, 2.45) is 4.99 Å². The van der Waals surface area contributed by atoms with E-state index in [4.69, 9.17) is 0 Å². The van der Waals surface area contributed by atoms with Gasteiger partial charge in [0.05, 0.1) is 17.1 Å². The summed E-state index contributed by atoms with van der Waals surface area (Å²) in [5, 5.41) is 7.76. The number of anilines is 1. The lowest BCUT2D eigenvalue weighted by molar-refractivity contribution is -0.274. The Balaban J connectivity index is 1.08. The molecule has 13 heteroatoms. The molecule has 1 saturated carbocycles. The van der Waals surface area contributed by atoms with Crippen molar-refractivity contribution in [3.63, 3.8) is 0 Å². The molecule has 3 aromatic carbocycles. The van der Waals surface area contributed by atoms with E-state index in [1.54, 1.807) is 0 Å². The number of ether oxygens (including phenoxy) is 1. The molecular formula is C30H25F3N6O3S. The number of hydrogen-bond donors (Lipinski definition) is 1. The zero-order valence-corrected chi connectivity index (χ0v) is 23.8. The van der Waals surface area contributed by atoms with Gasteiger partial charge in [-0.05, 0) is 61.2 Å². The van der Waals surface area contributed by atoms with Crippen molar-refractivity contribution in [2.45, 2.75) is 38.6 Å². The summed E-state index contributed by atoms with van der Waals surface area (Å²) in [6, 6.07) is 18.2. The number of carbonyl (C=O) groups excluding carboxylic acids is 2. The van der Waals surface area contributed by atoms with Crippen LogP contribution < -0.4 is 15.0 Å². The molecule has 6 rings (SSSR count). The molecule has 3 amide bonds. The summed E-state index contributed by atoms with van der Waals surface area (Å²) >= 11 is 1.25. The summed E-state index contributed by atoms with van der Waals surface area (Å²) in [6.07, 6.45) is -2.51. The molecule has 43 heavy (non-hydrogen) atoms. The molecule has 0 bridgehead atoms. The predicted octanol–water partition coefficient (Wildman–Crippen LogP) is 6.15. The van der Waals surface area contributed by atoms with Gasteiger partial charge in [0.2, 0.25) is 5.91 Å². The summed E-state index contributed by atoms with van der Waals surface area (Å²) in [5.41, 5.74) is 4.98. The van der Waals surface area contributed by atoms with Crippen molar-refractivity contribution >= 4 is 34.6 Å². The Morgan fingerprint density at radius 3 is 2.42 bits per heavy atom. The van der Waals surface area contributed by atoms with Crippen LogP contribution in [0.15, 0.2) is 78.0 Å². The van der Waals surface area contributed by atoms with Gasteiger partial charge < -0.3 is 10.1 Å². The van der Waals surface area contributed by atoms with Crippen LogP contribution in [-0.2, 0) is 4.79 Å². The van der Waals surface area contributed by atoms with Gasteiger partial charge in [-0.2, -0.15) is 4.99 Å². The topological polar surface area (TPSA) is 102 Å².